The first kappa shape index (κ1) is 25.3. The number of likely N-dealkylation sites (tertiary alicyclic amines) is 1. The average Bonchev–Trinajstić information content (AvgIpc) is 3.51. The number of piperidine rings is 1. The van der Waals surface area contributed by atoms with Gasteiger partial charge in [-0.1, -0.05) is 36.4 Å². The molecule has 2 aliphatic rings. The van der Waals surface area contributed by atoms with E-state index in [0.29, 0.717) is 24.3 Å². The van der Waals surface area contributed by atoms with Crippen molar-refractivity contribution in [3.05, 3.63) is 88.5 Å². The van der Waals surface area contributed by atoms with Gasteiger partial charge in [0, 0.05) is 44.2 Å². The molecule has 1 saturated heterocycles. The van der Waals surface area contributed by atoms with Gasteiger partial charge in [0.2, 0.25) is 0 Å². The number of H-pyrrole nitrogens is 1. The highest BCUT2D eigenvalue weighted by molar-refractivity contribution is 6.05. The highest BCUT2D eigenvalue weighted by atomic mass is 16.2. The number of imidazole rings is 1. The molecule has 5 aromatic rings. The van der Waals surface area contributed by atoms with Crippen molar-refractivity contribution in [1.82, 2.24) is 29.5 Å². The number of rotatable bonds is 4. The molecule has 1 aliphatic heterocycles. The van der Waals surface area contributed by atoms with Crippen LogP contribution in [0.2, 0.25) is 0 Å². The second-order valence-corrected chi connectivity index (χ2v) is 11.7. The highest BCUT2D eigenvalue weighted by Crippen LogP contribution is 2.49. The lowest BCUT2D eigenvalue weighted by Gasteiger charge is -2.52. The number of hydrogen-bond donors (Lipinski definition) is 2. The second kappa shape index (κ2) is 9.47. The molecule has 41 heavy (non-hydrogen) atoms. The third kappa shape index (κ3) is 4.23. The maximum absolute atomic E-state index is 13.3. The van der Waals surface area contributed by atoms with E-state index in [1.807, 2.05) is 59.5 Å². The van der Waals surface area contributed by atoms with Gasteiger partial charge in [-0.05, 0) is 72.6 Å². The summed E-state index contributed by atoms with van der Waals surface area (Å²) in [5.74, 6) is -0.151. The van der Waals surface area contributed by atoms with E-state index in [2.05, 4.69) is 27.6 Å². The van der Waals surface area contributed by atoms with Gasteiger partial charge < -0.3 is 10.2 Å². The molecule has 2 fully saturated rings. The number of fused-ring (bicyclic) bond motifs is 2. The molecule has 7 rings (SSSR count). The molecular weight excluding hydrogens is 516 g/mol. The van der Waals surface area contributed by atoms with Gasteiger partial charge in [0.15, 0.2) is 5.69 Å². The molecule has 0 unspecified atom stereocenters. The van der Waals surface area contributed by atoms with Gasteiger partial charge >= 0.3 is 5.69 Å². The maximum atomic E-state index is 13.3. The van der Waals surface area contributed by atoms with E-state index in [1.165, 1.54) is 0 Å². The van der Waals surface area contributed by atoms with Gasteiger partial charge in [0.05, 0.1) is 16.6 Å². The molecule has 0 bridgehead atoms. The topological polar surface area (TPSA) is 105 Å². The van der Waals surface area contributed by atoms with Crippen LogP contribution in [-0.4, -0.2) is 55.2 Å². The molecule has 0 radical (unpaired) electrons. The summed E-state index contributed by atoms with van der Waals surface area (Å²) in [6, 6.07) is 21.7. The second-order valence-electron chi connectivity index (χ2n) is 11.7. The molecule has 1 spiro atoms. The van der Waals surface area contributed by atoms with Crippen LogP contribution in [0.4, 0.5) is 0 Å². The molecule has 9 nitrogen and oxygen atoms in total. The van der Waals surface area contributed by atoms with E-state index in [9.17, 15) is 14.4 Å². The fourth-order valence-corrected chi connectivity index (χ4v) is 6.75. The first-order valence-corrected chi connectivity index (χ1v) is 14.1. The maximum Gasteiger partial charge on any atom is 0.328 e. The van der Waals surface area contributed by atoms with E-state index in [-0.39, 0.29) is 29.0 Å². The smallest absolute Gasteiger partial charge is 0.328 e. The zero-order chi connectivity index (χ0) is 28.3. The molecule has 0 atom stereocenters. The Labute approximate surface area is 236 Å². The van der Waals surface area contributed by atoms with E-state index in [0.717, 1.165) is 58.7 Å². The normalized spacial score (nSPS) is 16.8. The summed E-state index contributed by atoms with van der Waals surface area (Å²) in [4.78, 5) is 40.7. The molecular formula is C32H32N6O3. The van der Waals surface area contributed by atoms with Crippen LogP contribution in [0.15, 0.2) is 71.5 Å². The molecule has 208 valence electrons. The van der Waals surface area contributed by atoms with Crippen molar-refractivity contribution >= 4 is 33.8 Å². The van der Waals surface area contributed by atoms with Crippen molar-refractivity contribution in [3.63, 3.8) is 0 Å². The Balaban J connectivity index is 0.978. The summed E-state index contributed by atoms with van der Waals surface area (Å²) in [6.45, 7) is 1.38. The summed E-state index contributed by atoms with van der Waals surface area (Å²) in [5, 5.41) is 11.3. The van der Waals surface area contributed by atoms with Gasteiger partial charge in [-0.15, -0.1) is 0 Å². The lowest BCUT2D eigenvalue weighted by molar-refractivity contribution is 0.00860. The lowest BCUT2D eigenvalue weighted by atomic mass is 9.60. The van der Waals surface area contributed by atoms with Crippen LogP contribution in [0.1, 0.15) is 46.5 Å². The SMILES string of the molecule is Cn1c(=O)n(C)c2cc(C(=O)N3CCC4(CC3)CC(NC(=O)c3n[nH]c5ccc(-c6ccccc6)cc35)C4)ccc21. The van der Waals surface area contributed by atoms with Crippen molar-refractivity contribution in [2.45, 2.75) is 31.7 Å². The zero-order valence-electron chi connectivity index (χ0n) is 23.2. The van der Waals surface area contributed by atoms with Gasteiger partial charge in [-0.25, -0.2) is 4.79 Å². The Morgan fingerprint density at radius 1 is 0.902 bits per heavy atom. The Bertz CT molecular complexity index is 1870. The minimum atomic E-state index is -0.153. The number of amides is 2. The Hall–Kier alpha value is -4.66. The fraction of sp³-hybridized carbons (Fsp3) is 0.312. The summed E-state index contributed by atoms with van der Waals surface area (Å²) in [5.41, 5.74) is 5.64. The van der Waals surface area contributed by atoms with Crippen LogP contribution >= 0.6 is 0 Å². The van der Waals surface area contributed by atoms with E-state index in [4.69, 9.17) is 0 Å². The highest BCUT2D eigenvalue weighted by Gasteiger charge is 2.47. The number of aromatic amines is 1. The minimum absolute atomic E-state index is 0.00232. The number of carbonyl (C=O) groups excluding carboxylic acids is 2. The predicted molar refractivity (Wildman–Crippen MR) is 158 cm³/mol. The Morgan fingerprint density at radius 2 is 1.63 bits per heavy atom. The van der Waals surface area contributed by atoms with Gasteiger partial charge in [-0.3, -0.25) is 23.8 Å². The fourth-order valence-electron chi connectivity index (χ4n) is 6.75. The quantitative estimate of drug-likeness (QED) is 0.351. The van der Waals surface area contributed by atoms with Crippen LogP contribution in [0, 0.1) is 5.41 Å². The third-order valence-electron chi connectivity index (χ3n) is 9.21. The number of aryl methyl sites for hydroxylation is 2. The van der Waals surface area contributed by atoms with Crippen LogP contribution in [-0.2, 0) is 14.1 Å². The largest absolute Gasteiger partial charge is 0.348 e. The first-order valence-electron chi connectivity index (χ1n) is 14.1. The molecule has 2 aromatic heterocycles. The summed E-state index contributed by atoms with van der Waals surface area (Å²) in [7, 11) is 3.47. The molecule has 2 N–H and O–H groups in total. The Morgan fingerprint density at radius 3 is 2.39 bits per heavy atom. The number of benzene rings is 3. The predicted octanol–water partition coefficient (Wildman–Crippen LogP) is 4.24. The Kier molecular flexibility index (Phi) is 5.85. The van der Waals surface area contributed by atoms with Gasteiger partial charge in [0.25, 0.3) is 11.8 Å². The number of nitrogens with one attached hydrogen (secondary N) is 2. The molecule has 9 heteroatoms. The number of carbonyl (C=O) groups is 2. The molecule has 2 amide bonds. The van der Waals surface area contributed by atoms with Crippen LogP contribution in [0.3, 0.4) is 0 Å². The summed E-state index contributed by atoms with van der Waals surface area (Å²) >= 11 is 0. The number of hydrogen-bond acceptors (Lipinski definition) is 4. The van der Waals surface area contributed by atoms with E-state index in [1.54, 1.807) is 23.2 Å². The van der Waals surface area contributed by atoms with Crippen molar-refractivity contribution in [3.8, 4) is 11.1 Å². The van der Waals surface area contributed by atoms with E-state index < -0.39 is 0 Å². The van der Waals surface area contributed by atoms with Crippen molar-refractivity contribution < 1.29 is 9.59 Å². The van der Waals surface area contributed by atoms with Crippen molar-refractivity contribution in [2.24, 2.45) is 19.5 Å². The lowest BCUT2D eigenvalue weighted by Crippen LogP contribution is -2.55. The van der Waals surface area contributed by atoms with Crippen LogP contribution < -0.4 is 11.0 Å². The van der Waals surface area contributed by atoms with Crippen LogP contribution in [0.25, 0.3) is 33.1 Å². The number of aromatic nitrogens is 4. The van der Waals surface area contributed by atoms with Crippen molar-refractivity contribution in [2.75, 3.05) is 13.1 Å². The third-order valence-corrected chi connectivity index (χ3v) is 9.21. The standard InChI is InChI=1S/C32H32N6O3/c1-36-26-11-9-22(17-27(26)37(2)31(36)41)30(40)38-14-12-32(13-15-38)18-23(19-32)33-29(39)28-24-16-21(8-10-25(24)34-35-28)20-6-4-3-5-7-20/h3-11,16-17,23H,12-15,18-19H2,1-2H3,(H,33,39)(H,34,35). The van der Waals surface area contributed by atoms with E-state index >= 15 is 0 Å². The zero-order valence-corrected chi connectivity index (χ0v) is 23.2. The number of nitrogens with zero attached hydrogens (tertiary/aromatic N) is 4. The van der Waals surface area contributed by atoms with Crippen molar-refractivity contribution in [1.29, 1.82) is 0 Å². The van der Waals surface area contributed by atoms with Gasteiger partial charge in [-0.2, -0.15) is 5.10 Å². The first-order chi connectivity index (χ1) is 19.8. The van der Waals surface area contributed by atoms with Crippen LogP contribution in [0.5, 0.6) is 0 Å². The molecule has 3 heterocycles. The monoisotopic (exact) mass is 548 g/mol. The minimum Gasteiger partial charge on any atom is -0.348 e. The summed E-state index contributed by atoms with van der Waals surface area (Å²) in [6.07, 6.45) is 3.67. The molecule has 1 aliphatic carbocycles. The average molecular weight is 549 g/mol. The molecule has 3 aromatic carbocycles. The molecule has 1 saturated carbocycles. The summed E-state index contributed by atoms with van der Waals surface area (Å²) < 4.78 is 3.17. The van der Waals surface area contributed by atoms with Gasteiger partial charge in [0.1, 0.15) is 0 Å².